The van der Waals surface area contributed by atoms with E-state index < -0.39 is 11.7 Å². The number of anilines is 1. The van der Waals surface area contributed by atoms with Crippen LogP contribution in [0.15, 0.2) is 35.4 Å². The number of nitrogens with two attached hydrogens (primary N) is 2. The highest BCUT2D eigenvalue weighted by molar-refractivity contribution is 7.13. The number of H-pyrrole nitrogens is 1. The fourth-order valence-electron chi connectivity index (χ4n) is 4.14. The van der Waals surface area contributed by atoms with E-state index in [0.717, 1.165) is 0 Å². The van der Waals surface area contributed by atoms with Crippen molar-refractivity contribution >= 4 is 45.0 Å². The van der Waals surface area contributed by atoms with Crippen LogP contribution in [0.5, 0.6) is 5.75 Å². The summed E-state index contributed by atoms with van der Waals surface area (Å²) in [6.45, 7) is 3.07. The third-order valence-corrected chi connectivity index (χ3v) is 6.71. The summed E-state index contributed by atoms with van der Waals surface area (Å²) in [6, 6.07) is 0. The molecule has 15 nitrogen and oxygen atoms in total. The van der Waals surface area contributed by atoms with Gasteiger partial charge in [-0.15, -0.1) is 16.4 Å². The van der Waals surface area contributed by atoms with E-state index >= 15 is 0 Å². The van der Waals surface area contributed by atoms with Crippen molar-refractivity contribution in [3.63, 3.8) is 0 Å². The fourth-order valence-corrected chi connectivity index (χ4v) is 4.71. The lowest BCUT2D eigenvalue weighted by atomic mass is 10.1. The van der Waals surface area contributed by atoms with Gasteiger partial charge in [-0.05, 0) is 6.92 Å². The second kappa shape index (κ2) is 9.82. The van der Waals surface area contributed by atoms with Crippen LogP contribution < -0.4 is 21.4 Å². The Morgan fingerprint density at radius 1 is 1.19 bits per heavy atom. The maximum Gasteiger partial charge on any atom is 0.295 e. The zero-order valence-electron chi connectivity index (χ0n) is 20.0. The average molecular weight is 525 g/mol. The number of hydrazone groups is 1. The van der Waals surface area contributed by atoms with E-state index in [-0.39, 0.29) is 18.7 Å². The summed E-state index contributed by atoms with van der Waals surface area (Å²) >= 11 is 1.34. The fraction of sp³-hybridized carbons (Fsp3) is 0.286. The summed E-state index contributed by atoms with van der Waals surface area (Å²) in [5, 5.41) is 12.2. The van der Waals surface area contributed by atoms with E-state index in [1.807, 2.05) is 4.90 Å². The number of nitrogens with one attached hydrogen (secondary N) is 1. The van der Waals surface area contributed by atoms with Crippen LogP contribution >= 0.6 is 11.3 Å². The Bertz CT molecular complexity index is 1470. The van der Waals surface area contributed by atoms with Gasteiger partial charge in [0.25, 0.3) is 11.7 Å². The Kier molecular flexibility index (Phi) is 6.41. The predicted octanol–water partition coefficient (Wildman–Crippen LogP) is -0.146. The van der Waals surface area contributed by atoms with Gasteiger partial charge in [0.2, 0.25) is 11.1 Å². The second-order valence-corrected chi connectivity index (χ2v) is 8.93. The van der Waals surface area contributed by atoms with E-state index in [4.69, 9.17) is 16.4 Å². The van der Waals surface area contributed by atoms with Gasteiger partial charge < -0.3 is 25.4 Å². The molecule has 0 atom stereocenters. The molecule has 192 valence electrons. The van der Waals surface area contributed by atoms with Gasteiger partial charge in [0.05, 0.1) is 29.8 Å². The number of hydrogen-bond acceptors (Lipinski definition) is 11. The minimum absolute atomic E-state index is 0.181. The molecule has 5 N–H and O–H groups in total. The molecule has 0 saturated carbocycles. The number of carbonyl (C=O) groups is 2. The van der Waals surface area contributed by atoms with E-state index in [0.29, 0.717) is 52.5 Å². The normalized spacial score (nSPS) is 14.3. The molecule has 1 amide bonds. The van der Waals surface area contributed by atoms with Crippen LogP contribution in [0.1, 0.15) is 16.2 Å². The van der Waals surface area contributed by atoms with E-state index in [1.54, 1.807) is 18.5 Å². The maximum atomic E-state index is 13.4. The lowest BCUT2D eigenvalue weighted by Crippen LogP contribution is -2.57. The molecule has 0 aliphatic carbocycles. The monoisotopic (exact) mass is 524 g/mol. The number of hydrazine groups is 1. The highest BCUT2D eigenvalue weighted by Crippen LogP contribution is 2.32. The van der Waals surface area contributed by atoms with Crippen LogP contribution in [-0.2, 0) is 4.79 Å². The number of piperazine rings is 1. The number of aryl methyl sites for hydroxylation is 1. The number of carbonyl (C=O) groups excluding carboxylic acids is 2. The zero-order chi connectivity index (χ0) is 26.1. The highest BCUT2D eigenvalue weighted by atomic mass is 32.1. The topological polar surface area (TPSA) is 190 Å². The largest absolute Gasteiger partial charge is 0.494 e. The molecule has 1 aliphatic rings. The third kappa shape index (κ3) is 4.31. The number of aromatic nitrogens is 6. The first kappa shape index (κ1) is 24.1. The van der Waals surface area contributed by atoms with Crippen LogP contribution in [0.25, 0.3) is 16.7 Å². The molecule has 1 fully saturated rings. The number of ether oxygens (including phenoxy) is 1. The number of guanidine groups is 1. The first-order valence-corrected chi connectivity index (χ1v) is 12.0. The van der Waals surface area contributed by atoms with Crippen molar-refractivity contribution in [2.24, 2.45) is 16.8 Å². The van der Waals surface area contributed by atoms with Gasteiger partial charge >= 0.3 is 0 Å². The molecule has 0 spiro atoms. The number of methoxy groups -OCH3 is 1. The Balaban J connectivity index is 1.35. The first-order chi connectivity index (χ1) is 17.9. The summed E-state index contributed by atoms with van der Waals surface area (Å²) in [5.74, 6) is 12.1. The van der Waals surface area contributed by atoms with Gasteiger partial charge in [-0.25, -0.2) is 30.5 Å². The van der Waals surface area contributed by atoms with E-state index in [1.165, 1.54) is 51.8 Å². The van der Waals surface area contributed by atoms with Crippen LogP contribution in [0.3, 0.4) is 0 Å². The van der Waals surface area contributed by atoms with Gasteiger partial charge in [-0.2, -0.15) is 5.10 Å². The van der Waals surface area contributed by atoms with Gasteiger partial charge in [0.1, 0.15) is 17.9 Å². The number of ketones is 1. The van der Waals surface area contributed by atoms with Crippen LogP contribution in [-0.4, -0.2) is 90.5 Å². The predicted molar refractivity (Wildman–Crippen MR) is 135 cm³/mol. The lowest BCUT2D eigenvalue weighted by molar-refractivity contribution is -0.127. The van der Waals surface area contributed by atoms with Crippen molar-refractivity contribution in [1.29, 1.82) is 0 Å². The molecule has 0 radical (unpaired) electrons. The molecular formula is C21H24N12O3S. The summed E-state index contributed by atoms with van der Waals surface area (Å²) < 4.78 is 6.94. The maximum absolute atomic E-state index is 13.4. The minimum Gasteiger partial charge on any atom is -0.494 e. The van der Waals surface area contributed by atoms with Gasteiger partial charge in [-0.1, -0.05) is 0 Å². The molecule has 16 heteroatoms. The molecule has 0 unspecified atom stereocenters. The Labute approximate surface area is 214 Å². The Morgan fingerprint density at radius 3 is 2.57 bits per heavy atom. The molecule has 4 aromatic heterocycles. The number of amides is 1. The number of thiazole rings is 1. The number of pyridine rings is 1. The molecule has 5 rings (SSSR count). The smallest absolute Gasteiger partial charge is 0.295 e. The molecular weight excluding hydrogens is 500 g/mol. The number of fused-ring (bicyclic) bond motifs is 1. The Morgan fingerprint density at radius 2 is 1.95 bits per heavy atom. The third-order valence-electron chi connectivity index (χ3n) is 5.94. The standard InChI is InChI=1S/C21H24N12O3S/c1-12-27-11-32(29-12)18-16-15(14(36-2)10-26-18)13(9-25-16)17(34)19(35)30-4-6-31(7-5-30)20(28-22)33(23)21-24-3-8-37-21/h3,8-11,25H,4-7,22-23H2,1-2H3/b28-20-. The van der Waals surface area contributed by atoms with Gasteiger partial charge in [0, 0.05) is 44.0 Å². The lowest BCUT2D eigenvalue weighted by Gasteiger charge is -2.37. The number of Topliss-reactive ketones (excluding diaryl/α,β-unsaturated/α-hetero) is 1. The van der Waals surface area contributed by atoms with Crippen molar-refractivity contribution in [1.82, 2.24) is 39.5 Å². The van der Waals surface area contributed by atoms with Crippen molar-refractivity contribution < 1.29 is 14.3 Å². The minimum atomic E-state index is -0.666. The van der Waals surface area contributed by atoms with Crippen molar-refractivity contribution in [2.45, 2.75) is 6.92 Å². The van der Waals surface area contributed by atoms with E-state index in [2.05, 4.69) is 30.1 Å². The molecule has 37 heavy (non-hydrogen) atoms. The van der Waals surface area contributed by atoms with Gasteiger partial charge in [-0.3, -0.25) is 9.59 Å². The summed E-state index contributed by atoms with van der Waals surface area (Å²) in [7, 11) is 1.47. The highest BCUT2D eigenvalue weighted by Gasteiger charge is 2.32. The van der Waals surface area contributed by atoms with Crippen molar-refractivity contribution in [2.75, 3.05) is 38.3 Å². The summed E-state index contributed by atoms with van der Waals surface area (Å²) in [6.07, 6.45) is 6.11. The van der Waals surface area contributed by atoms with Crippen molar-refractivity contribution in [3.8, 4) is 11.6 Å². The second-order valence-electron chi connectivity index (χ2n) is 8.06. The van der Waals surface area contributed by atoms with E-state index in [9.17, 15) is 9.59 Å². The number of nitrogens with zero attached hydrogens (tertiary/aromatic N) is 9. The molecule has 0 aromatic carbocycles. The number of aromatic amines is 1. The molecule has 4 aromatic rings. The number of rotatable bonds is 5. The molecule has 1 saturated heterocycles. The SMILES string of the molecule is COc1cnc(-n2cnc(C)n2)c2[nH]cc(C(=O)C(=O)N3CCN(/C(=N/N)N(N)c4nccs4)CC3)c12. The van der Waals surface area contributed by atoms with Crippen LogP contribution in [0, 0.1) is 6.92 Å². The Hall–Kier alpha value is -4.57. The summed E-state index contributed by atoms with van der Waals surface area (Å²) in [4.78, 5) is 45.6. The molecule has 1 aliphatic heterocycles. The van der Waals surface area contributed by atoms with Gasteiger partial charge in [0.15, 0.2) is 5.82 Å². The summed E-state index contributed by atoms with van der Waals surface area (Å²) in [5.41, 5.74) is 0.681. The van der Waals surface area contributed by atoms with Crippen LogP contribution in [0.4, 0.5) is 5.13 Å². The molecule has 5 heterocycles. The van der Waals surface area contributed by atoms with Crippen LogP contribution in [0.2, 0.25) is 0 Å². The van der Waals surface area contributed by atoms with Crippen molar-refractivity contribution in [3.05, 3.63) is 41.7 Å². The number of hydrogen-bond donors (Lipinski definition) is 3. The molecule has 0 bridgehead atoms. The first-order valence-electron chi connectivity index (χ1n) is 11.2. The quantitative estimate of drug-likeness (QED) is 0.0786. The average Bonchev–Trinajstić information content (AvgIpc) is 3.69. The zero-order valence-corrected chi connectivity index (χ0v) is 20.8.